The molecule has 1 amide bonds. The molecule has 2 rings (SSSR count). The van der Waals surface area contributed by atoms with E-state index in [4.69, 9.17) is 5.73 Å². The van der Waals surface area contributed by atoms with E-state index in [2.05, 4.69) is 32.9 Å². The molecule has 21 heavy (non-hydrogen) atoms. The van der Waals surface area contributed by atoms with E-state index in [1.54, 1.807) is 0 Å². The SMILES string of the molecule is CC(CCN)CCC(=O)Nc1cccc(-c2nn[nH]n2)c1. The summed E-state index contributed by atoms with van der Waals surface area (Å²) in [6.07, 6.45) is 2.28. The summed E-state index contributed by atoms with van der Waals surface area (Å²) in [5, 5.41) is 16.6. The molecule has 1 aromatic heterocycles. The number of aromatic amines is 1. The van der Waals surface area contributed by atoms with Crippen LogP contribution in [0.25, 0.3) is 11.4 Å². The van der Waals surface area contributed by atoms with Gasteiger partial charge in [0.05, 0.1) is 0 Å². The third-order valence-corrected chi connectivity index (χ3v) is 3.27. The Morgan fingerprint density at radius 2 is 2.29 bits per heavy atom. The van der Waals surface area contributed by atoms with Gasteiger partial charge in [0.25, 0.3) is 0 Å². The molecule has 112 valence electrons. The Morgan fingerprint density at radius 1 is 1.43 bits per heavy atom. The first kappa shape index (κ1) is 15.1. The number of nitrogens with one attached hydrogen (secondary N) is 2. The number of tetrazole rings is 1. The van der Waals surface area contributed by atoms with E-state index < -0.39 is 0 Å². The Kier molecular flexibility index (Phi) is 5.39. The Bertz CT molecular complexity index is 569. The summed E-state index contributed by atoms with van der Waals surface area (Å²) in [7, 11) is 0. The number of aromatic nitrogens is 4. The van der Waals surface area contributed by atoms with Crippen molar-refractivity contribution in [2.24, 2.45) is 11.7 Å². The van der Waals surface area contributed by atoms with E-state index in [1.807, 2.05) is 24.3 Å². The molecule has 0 fully saturated rings. The minimum Gasteiger partial charge on any atom is -0.330 e. The number of amides is 1. The first-order valence-electron chi connectivity index (χ1n) is 7.03. The number of benzene rings is 1. The third kappa shape index (κ3) is 4.64. The number of hydrogen-bond acceptors (Lipinski definition) is 5. The molecular formula is C14H20N6O. The van der Waals surface area contributed by atoms with Crippen LogP contribution in [0.3, 0.4) is 0 Å². The molecule has 7 heteroatoms. The second-order valence-electron chi connectivity index (χ2n) is 5.09. The Morgan fingerprint density at radius 3 is 3.00 bits per heavy atom. The maximum Gasteiger partial charge on any atom is 0.224 e. The van der Waals surface area contributed by atoms with Crippen molar-refractivity contribution in [3.8, 4) is 11.4 Å². The molecule has 2 aromatic rings. The van der Waals surface area contributed by atoms with Gasteiger partial charge < -0.3 is 11.1 Å². The molecule has 1 unspecified atom stereocenters. The number of H-pyrrole nitrogens is 1. The van der Waals surface area contributed by atoms with Gasteiger partial charge in [-0.05, 0) is 42.7 Å². The van der Waals surface area contributed by atoms with Crippen LogP contribution in [-0.2, 0) is 4.79 Å². The molecule has 0 saturated heterocycles. The fraction of sp³-hybridized carbons (Fsp3) is 0.429. The predicted octanol–water partition coefficient (Wildman–Crippen LogP) is 1.57. The molecular weight excluding hydrogens is 268 g/mol. The molecule has 4 N–H and O–H groups in total. The second-order valence-corrected chi connectivity index (χ2v) is 5.09. The highest BCUT2D eigenvalue weighted by Crippen LogP contribution is 2.19. The van der Waals surface area contributed by atoms with Crippen LogP contribution in [0.15, 0.2) is 24.3 Å². The summed E-state index contributed by atoms with van der Waals surface area (Å²) in [6.45, 7) is 2.77. The zero-order chi connectivity index (χ0) is 15.1. The van der Waals surface area contributed by atoms with Crippen molar-refractivity contribution in [3.63, 3.8) is 0 Å². The molecule has 1 atom stereocenters. The van der Waals surface area contributed by atoms with Crippen molar-refractivity contribution in [2.45, 2.75) is 26.2 Å². The van der Waals surface area contributed by atoms with E-state index in [1.165, 1.54) is 0 Å². The Labute approximate surface area is 123 Å². The number of anilines is 1. The van der Waals surface area contributed by atoms with Gasteiger partial charge in [0.15, 0.2) is 0 Å². The van der Waals surface area contributed by atoms with Crippen LogP contribution in [-0.4, -0.2) is 33.1 Å². The monoisotopic (exact) mass is 288 g/mol. The molecule has 0 spiro atoms. The molecule has 0 saturated carbocycles. The summed E-state index contributed by atoms with van der Waals surface area (Å²) >= 11 is 0. The zero-order valence-electron chi connectivity index (χ0n) is 12.0. The minimum atomic E-state index is 0.00383. The minimum absolute atomic E-state index is 0.00383. The van der Waals surface area contributed by atoms with Gasteiger partial charge in [0, 0.05) is 17.7 Å². The maximum atomic E-state index is 11.9. The van der Waals surface area contributed by atoms with Gasteiger partial charge >= 0.3 is 0 Å². The molecule has 0 aliphatic heterocycles. The topological polar surface area (TPSA) is 110 Å². The number of rotatable bonds is 7. The van der Waals surface area contributed by atoms with Crippen LogP contribution in [0.2, 0.25) is 0 Å². The quantitative estimate of drug-likeness (QED) is 0.716. The lowest BCUT2D eigenvalue weighted by Gasteiger charge is -2.10. The van der Waals surface area contributed by atoms with Crippen LogP contribution in [0.4, 0.5) is 5.69 Å². The predicted molar refractivity (Wildman–Crippen MR) is 80.3 cm³/mol. The molecule has 0 radical (unpaired) electrons. The van der Waals surface area contributed by atoms with Crippen LogP contribution < -0.4 is 11.1 Å². The second kappa shape index (κ2) is 7.49. The van der Waals surface area contributed by atoms with E-state index in [0.29, 0.717) is 24.7 Å². The Hall–Kier alpha value is -2.28. The van der Waals surface area contributed by atoms with E-state index in [9.17, 15) is 4.79 Å². The first-order valence-corrected chi connectivity index (χ1v) is 7.03. The van der Waals surface area contributed by atoms with Gasteiger partial charge in [-0.25, -0.2) is 0 Å². The van der Waals surface area contributed by atoms with Gasteiger partial charge in [-0.2, -0.15) is 5.21 Å². The van der Waals surface area contributed by atoms with Crippen LogP contribution in [0, 0.1) is 5.92 Å². The fourth-order valence-electron chi connectivity index (χ4n) is 2.05. The van der Waals surface area contributed by atoms with Crippen molar-refractivity contribution < 1.29 is 4.79 Å². The Balaban J connectivity index is 1.91. The van der Waals surface area contributed by atoms with E-state index >= 15 is 0 Å². The molecule has 7 nitrogen and oxygen atoms in total. The standard InChI is InChI=1S/C14H20N6O/c1-10(7-8-15)5-6-13(21)16-12-4-2-3-11(9-12)14-17-19-20-18-14/h2-4,9-10H,5-8,15H2,1H3,(H,16,21)(H,17,18,19,20). The highest BCUT2D eigenvalue weighted by Gasteiger charge is 2.08. The number of hydrogen-bond donors (Lipinski definition) is 3. The van der Waals surface area contributed by atoms with Gasteiger partial charge in [0.1, 0.15) is 0 Å². The smallest absolute Gasteiger partial charge is 0.224 e. The van der Waals surface area contributed by atoms with Crippen LogP contribution >= 0.6 is 0 Å². The van der Waals surface area contributed by atoms with Gasteiger partial charge in [-0.15, -0.1) is 10.2 Å². The van der Waals surface area contributed by atoms with E-state index in [-0.39, 0.29) is 5.91 Å². The number of nitrogens with zero attached hydrogens (tertiary/aromatic N) is 3. The van der Waals surface area contributed by atoms with Crippen molar-refractivity contribution in [1.29, 1.82) is 0 Å². The zero-order valence-corrected chi connectivity index (χ0v) is 12.0. The lowest BCUT2D eigenvalue weighted by Crippen LogP contribution is -2.14. The average molecular weight is 288 g/mol. The lowest BCUT2D eigenvalue weighted by atomic mass is 10.0. The number of carbonyl (C=O) groups is 1. The van der Waals surface area contributed by atoms with Gasteiger partial charge in [-0.3, -0.25) is 4.79 Å². The molecule has 0 bridgehead atoms. The number of nitrogens with two attached hydrogens (primary N) is 1. The summed E-state index contributed by atoms with van der Waals surface area (Å²) in [6, 6.07) is 7.37. The molecule has 0 aliphatic carbocycles. The summed E-state index contributed by atoms with van der Waals surface area (Å²) in [5.74, 6) is 0.971. The van der Waals surface area contributed by atoms with Gasteiger partial charge in [-0.1, -0.05) is 19.1 Å². The van der Waals surface area contributed by atoms with Crippen molar-refractivity contribution in [1.82, 2.24) is 20.6 Å². The molecule has 0 aliphatic rings. The first-order chi connectivity index (χ1) is 10.2. The highest BCUT2D eigenvalue weighted by atomic mass is 16.1. The number of carbonyl (C=O) groups excluding carboxylic acids is 1. The average Bonchev–Trinajstić information content (AvgIpc) is 3.00. The maximum absolute atomic E-state index is 11.9. The summed E-state index contributed by atoms with van der Waals surface area (Å²) in [5.41, 5.74) is 7.04. The van der Waals surface area contributed by atoms with Crippen molar-refractivity contribution in [2.75, 3.05) is 11.9 Å². The summed E-state index contributed by atoms with van der Waals surface area (Å²) < 4.78 is 0. The third-order valence-electron chi connectivity index (χ3n) is 3.27. The molecule has 1 heterocycles. The summed E-state index contributed by atoms with van der Waals surface area (Å²) in [4.78, 5) is 11.9. The van der Waals surface area contributed by atoms with Crippen LogP contribution in [0.5, 0.6) is 0 Å². The van der Waals surface area contributed by atoms with Gasteiger partial charge in [0.2, 0.25) is 11.7 Å². The van der Waals surface area contributed by atoms with Crippen LogP contribution in [0.1, 0.15) is 26.2 Å². The fourth-order valence-corrected chi connectivity index (χ4v) is 2.05. The lowest BCUT2D eigenvalue weighted by molar-refractivity contribution is -0.116. The molecule has 1 aromatic carbocycles. The normalized spacial score (nSPS) is 12.1. The van der Waals surface area contributed by atoms with E-state index in [0.717, 1.165) is 24.1 Å². The van der Waals surface area contributed by atoms with Crippen molar-refractivity contribution >= 4 is 11.6 Å². The van der Waals surface area contributed by atoms with Crippen molar-refractivity contribution in [3.05, 3.63) is 24.3 Å². The highest BCUT2D eigenvalue weighted by molar-refractivity contribution is 5.91. The largest absolute Gasteiger partial charge is 0.330 e.